The summed E-state index contributed by atoms with van der Waals surface area (Å²) in [5, 5.41) is 9.95. The molecule has 0 spiro atoms. The van der Waals surface area contributed by atoms with Gasteiger partial charge in [-0.3, -0.25) is 9.98 Å². The van der Waals surface area contributed by atoms with Crippen molar-refractivity contribution < 1.29 is 23.0 Å². The third kappa shape index (κ3) is 5.74. The second kappa shape index (κ2) is 9.82. The van der Waals surface area contributed by atoms with Gasteiger partial charge < -0.3 is 9.84 Å². The number of aliphatic imine (C=N–C) groups is 2. The van der Waals surface area contributed by atoms with Crippen LogP contribution in [0.4, 0.5) is 18.9 Å². The van der Waals surface area contributed by atoms with Gasteiger partial charge >= 0.3 is 6.18 Å². The SMILES string of the molecule is C=Nc1c(OCC(O)C(F)(F)F)ccc(/C(=N/C)SCC)c1CCC. The van der Waals surface area contributed by atoms with Crippen LogP contribution in [0.3, 0.4) is 0 Å². The molecule has 1 atom stereocenters. The number of nitrogens with zero attached hydrogens (tertiary/aromatic N) is 2. The van der Waals surface area contributed by atoms with Crippen LogP contribution in [0.2, 0.25) is 0 Å². The van der Waals surface area contributed by atoms with Crippen LogP contribution in [0, 0.1) is 0 Å². The fourth-order valence-corrected chi connectivity index (χ4v) is 3.02. The minimum absolute atomic E-state index is 0.169. The number of alkyl halides is 3. The monoisotopic (exact) mass is 376 g/mol. The number of hydrogen-bond donors (Lipinski definition) is 1. The molecule has 0 saturated heterocycles. The summed E-state index contributed by atoms with van der Waals surface area (Å²) in [5.41, 5.74) is 2.10. The highest BCUT2D eigenvalue weighted by Gasteiger charge is 2.38. The third-order valence-electron chi connectivity index (χ3n) is 3.39. The van der Waals surface area contributed by atoms with Gasteiger partial charge in [0.2, 0.25) is 0 Å². The maximum absolute atomic E-state index is 12.5. The molecule has 1 unspecified atom stereocenters. The van der Waals surface area contributed by atoms with Gasteiger partial charge in [0.25, 0.3) is 0 Å². The predicted molar refractivity (Wildman–Crippen MR) is 97.8 cm³/mol. The Bertz CT molecular complexity index is 619. The Balaban J connectivity index is 3.25. The van der Waals surface area contributed by atoms with E-state index < -0.39 is 18.9 Å². The van der Waals surface area contributed by atoms with Crippen molar-refractivity contribution in [2.24, 2.45) is 9.98 Å². The minimum atomic E-state index is -4.73. The lowest BCUT2D eigenvalue weighted by Crippen LogP contribution is -2.34. The molecule has 1 N–H and O–H groups in total. The fourth-order valence-electron chi connectivity index (χ4n) is 2.27. The molecule has 8 heteroatoms. The molecule has 0 aliphatic rings. The van der Waals surface area contributed by atoms with Crippen LogP contribution < -0.4 is 4.74 Å². The first-order chi connectivity index (χ1) is 11.8. The van der Waals surface area contributed by atoms with Gasteiger partial charge in [0.15, 0.2) is 6.10 Å². The first kappa shape index (κ1) is 21.5. The first-order valence-corrected chi connectivity index (χ1v) is 8.88. The highest BCUT2D eigenvalue weighted by molar-refractivity contribution is 8.14. The zero-order valence-electron chi connectivity index (χ0n) is 14.6. The molecule has 1 aromatic carbocycles. The summed E-state index contributed by atoms with van der Waals surface area (Å²) in [7, 11) is 1.69. The second-order valence-corrected chi connectivity index (χ2v) is 6.43. The van der Waals surface area contributed by atoms with E-state index in [1.807, 2.05) is 13.8 Å². The van der Waals surface area contributed by atoms with E-state index in [1.54, 1.807) is 30.9 Å². The van der Waals surface area contributed by atoms with Gasteiger partial charge in [-0.2, -0.15) is 13.2 Å². The molecule has 0 saturated carbocycles. The van der Waals surface area contributed by atoms with Gasteiger partial charge in [-0.05, 0) is 36.6 Å². The lowest BCUT2D eigenvalue weighted by Gasteiger charge is -2.19. The summed E-state index contributed by atoms with van der Waals surface area (Å²) in [6.07, 6.45) is -5.81. The van der Waals surface area contributed by atoms with Gasteiger partial charge in [-0.25, -0.2) is 0 Å². The molecule has 0 radical (unpaired) electrons. The van der Waals surface area contributed by atoms with E-state index in [0.717, 1.165) is 28.3 Å². The number of aliphatic hydroxyl groups is 1. The summed E-state index contributed by atoms with van der Waals surface area (Å²) < 4.78 is 42.5. The van der Waals surface area contributed by atoms with Crippen molar-refractivity contribution in [3.8, 4) is 5.75 Å². The molecule has 0 fully saturated rings. The normalized spacial score (nSPS) is 13.6. The van der Waals surface area contributed by atoms with Gasteiger partial charge in [0.05, 0.1) is 5.04 Å². The van der Waals surface area contributed by atoms with Crippen LogP contribution in [0.1, 0.15) is 31.4 Å². The van der Waals surface area contributed by atoms with Crippen molar-refractivity contribution in [1.82, 2.24) is 0 Å². The molecular weight excluding hydrogens is 353 g/mol. The van der Waals surface area contributed by atoms with Crippen molar-refractivity contribution in [1.29, 1.82) is 0 Å². The number of hydrogen-bond acceptors (Lipinski definition) is 5. The Labute approximate surface area is 150 Å². The van der Waals surface area contributed by atoms with Crippen molar-refractivity contribution in [2.45, 2.75) is 39.0 Å². The van der Waals surface area contributed by atoms with E-state index in [-0.39, 0.29) is 5.75 Å². The quantitative estimate of drug-likeness (QED) is 0.540. The Kier molecular flexibility index (Phi) is 8.44. The third-order valence-corrected chi connectivity index (χ3v) is 4.36. The number of halogens is 3. The van der Waals surface area contributed by atoms with E-state index in [9.17, 15) is 13.2 Å². The first-order valence-electron chi connectivity index (χ1n) is 7.90. The number of rotatable bonds is 8. The summed E-state index contributed by atoms with van der Waals surface area (Å²) in [6.45, 7) is 6.63. The maximum atomic E-state index is 12.5. The molecule has 1 aromatic rings. The molecule has 0 aromatic heterocycles. The largest absolute Gasteiger partial charge is 0.488 e. The number of benzene rings is 1. The predicted octanol–water partition coefficient (Wildman–Crippen LogP) is 4.40. The standard InChI is InChI=1S/C17H23F3N2O2S/c1-5-7-11-12(16(22-4)25-6-2)8-9-13(15(11)21-3)24-10-14(23)17(18,19)20/h8-9,14,23H,3,5-7,10H2,1-2,4H3/b22-16-. The van der Waals surface area contributed by atoms with Crippen molar-refractivity contribution >= 4 is 29.2 Å². The van der Waals surface area contributed by atoms with Crippen molar-refractivity contribution in [3.63, 3.8) is 0 Å². The van der Waals surface area contributed by atoms with Gasteiger partial charge in [-0.15, -0.1) is 11.8 Å². The number of thioether (sulfide) groups is 1. The highest BCUT2D eigenvalue weighted by Crippen LogP contribution is 2.37. The van der Waals surface area contributed by atoms with E-state index in [4.69, 9.17) is 9.84 Å². The van der Waals surface area contributed by atoms with Crippen LogP contribution >= 0.6 is 11.8 Å². The van der Waals surface area contributed by atoms with Crippen LogP contribution in [0.25, 0.3) is 0 Å². The average Bonchev–Trinajstić information content (AvgIpc) is 2.57. The van der Waals surface area contributed by atoms with Crippen LogP contribution in [0.5, 0.6) is 5.75 Å². The lowest BCUT2D eigenvalue weighted by atomic mass is 10.0. The van der Waals surface area contributed by atoms with Crippen LogP contribution in [-0.4, -0.2) is 48.6 Å². The van der Waals surface area contributed by atoms with Crippen LogP contribution in [-0.2, 0) is 6.42 Å². The van der Waals surface area contributed by atoms with E-state index in [1.165, 1.54) is 0 Å². The zero-order chi connectivity index (χ0) is 19.0. The molecule has 4 nitrogen and oxygen atoms in total. The van der Waals surface area contributed by atoms with Gasteiger partial charge in [0, 0.05) is 12.6 Å². The Morgan fingerprint density at radius 2 is 2.04 bits per heavy atom. The van der Waals surface area contributed by atoms with Gasteiger partial charge in [0.1, 0.15) is 18.0 Å². The highest BCUT2D eigenvalue weighted by atomic mass is 32.2. The molecular formula is C17H23F3N2O2S. The smallest absolute Gasteiger partial charge is 0.417 e. The number of aliphatic hydroxyl groups excluding tert-OH is 1. The maximum Gasteiger partial charge on any atom is 0.417 e. The number of ether oxygens (including phenoxy) is 1. The van der Waals surface area contributed by atoms with Crippen LogP contribution in [0.15, 0.2) is 22.1 Å². The van der Waals surface area contributed by atoms with E-state index in [2.05, 4.69) is 16.7 Å². The lowest BCUT2D eigenvalue weighted by molar-refractivity contribution is -0.210. The summed E-state index contributed by atoms with van der Waals surface area (Å²) in [5.74, 6) is 1.01. The molecule has 0 aliphatic carbocycles. The second-order valence-electron chi connectivity index (χ2n) is 5.18. The Morgan fingerprint density at radius 1 is 1.36 bits per heavy atom. The molecule has 1 rings (SSSR count). The zero-order valence-corrected chi connectivity index (χ0v) is 15.4. The van der Waals surface area contributed by atoms with E-state index in [0.29, 0.717) is 12.1 Å². The molecule has 140 valence electrons. The van der Waals surface area contributed by atoms with Crippen molar-refractivity contribution in [2.75, 3.05) is 19.4 Å². The van der Waals surface area contributed by atoms with E-state index >= 15 is 0 Å². The molecule has 0 amide bonds. The Hall–Kier alpha value is -1.54. The van der Waals surface area contributed by atoms with Crippen molar-refractivity contribution in [3.05, 3.63) is 23.3 Å². The molecule has 25 heavy (non-hydrogen) atoms. The average molecular weight is 376 g/mol. The fraction of sp³-hybridized carbons (Fsp3) is 0.529. The summed E-state index contributed by atoms with van der Waals surface area (Å²) in [4.78, 5) is 8.26. The topological polar surface area (TPSA) is 54.2 Å². The summed E-state index contributed by atoms with van der Waals surface area (Å²) >= 11 is 1.57. The summed E-state index contributed by atoms with van der Waals surface area (Å²) in [6, 6.07) is 3.31. The molecule has 0 aliphatic heterocycles. The molecule has 0 heterocycles. The minimum Gasteiger partial charge on any atom is -0.488 e. The van der Waals surface area contributed by atoms with Gasteiger partial charge in [-0.1, -0.05) is 20.3 Å². The molecule has 0 bridgehead atoms. The Morgan fingerprint density at radius 3 is 2.52 bits per heavy atom.